The van der Waals surface area contributed by atoms with Crippen LogP contribution in [0.15, 0.2) is 11.2 Å². The molecule has 1 aliphatic carbocycles. The number of carboxylic acid groups (broad SMARTS) is 1. The van der Waals surface area contributed by atoms with E-state index in [9.17, 15) is 18.7 Å². The molecule has 1 amide bonds. The van der Waals surface area contributed by atoms with Gasteiger partial charge >= 0.3 is 6.09 Å². The number of hydrogen-bond donors (Lipinski definition) is 1. The van der Waals surface area contributed by atoms with Crippen molar-refractivity contribution in [2.45, 2.75) is 42.8 Å². The molecule has 27 heavy (non-hydrogen) atoms. The third-order valence-corrected chi connectivity index (χ3v) is 6.11. The molecule has 1 aromatic heterocycles. The highest BCUT2D eigenvalue weighted by Gasteiger charge is 2.49. The molecule has 148 valence electrons. The first kappa shape index (κ1) is 18.7. The lowest BCUT2D eigenvalue weighted by molar-refractivity contribution is -0.127. The van der Waals surface area contributed by atoms with Gasteiger partial charge < -0.3 is 14.7 Å². The van der Waals surface area contributed by atoms with Crippen LogP contribution in [0.4, 0.5) is 25.2 Å². The summed E-state index contributed by atoms with van der Waals surface area (Å²) in [4.78, 5) is 24.0. The smallest absolute Gasteiger partial charge is 0.413 e. The Balaban J connectivity index is 1.58. The second-order valence-corrected chi connectivity index (χ2v) is 8.43. The van der Waals surface area contributed by atoms with Crippen molar-refractivity contribution in [3.05, 3.63) is 6.07 Å². The van der Waals surface area contributed by atoms with E-state index in [1.165, 1.54) is 11.8 Å². The summed E-state index contributed by atoms with van der Waals surface area (Å²) < 4.78 is 32.3. The molecular formula is C17H22F2N4O3S. The number of thioether (sulfide) groups is 1. The Hall–Kier alpha value is -1.68. The predicted octanol–water partition coefficient (Wildman–Crippen LogP) is 3.10. The Labute approximate surface area is 160 Å². The van der Waals surface area contributed by atoms with Gasteiger partial charge in [-0.15, -0.1) is 0 Å². The van der Waals surface area contributed by atoms with Crippen molar-refractivity contribution in [3.8, 4) is 0 Å². The maximum atomic E-state index is 13.5. The number of amides is 1. The van der Waals surface area contributed by atoms with Gasteiger partial charge in [0.05, 0.1) is 18.6 Å². The first-order chi connectivity index (χ1) is 12.8. The molecule has 1 aromatic rings. The topological polar surface area (TPSA) is 78.8 Å². The molecular weight excluding hydrogens is 378 g/mol. The van der Waals surface area contributed by atoms with Crippen LogP contribution in [-0.2, 0) is 4.74 Å². The van der Waals surface area contributed by atoms with Gasteiger partial charge in [0.25, 0.3) is 0 Å². The molecule has 0 bridgehead atoms. The average molecular weight is 400 g/mol. The lowest BCUT2D eigenvalue weighted by atomic mass is 9.78. The fraction of sp³-hybridized carbons (Fsp3) is 0.706. The molecule has 3 heterocycles. The van der Waals surface area contributed by atoms with Gasteiger partial charge in [0, 0.05) is 38.0 Å². The van der Waals surface area contributed by atoms with Gasteiger partial charge in [-0.1, -0.05) is 11.8 Å². The highest BCUT2D eigenvalue weighted by molar-refractivity contribution is 7.98. The van der Waals surface area contributed by atoms with Gasteiger partial charge in [-0.3, -0.25) is 4.90 Å². The quantitative estimate of drug-likeness (QED) is 0.615. The molecule has 0 unspecified atom stereocenters. The fourth-order valence-corrected chi connectivity index (χ4v) is 4.37. The summed E-state index contributed by atoms with van der Waals surface area (Å²) >= 11 is 1.33. The Bertz CT molecular complexity index is 729. The molecule has 0 radical (unpaired) electrons. The number of hydrogen-bond acceptors (Lipinski definition) is 6. The standard InChI is InChI=1S/C17H22F2N4O3S/c1-27-14-20-12(22-7-16(8-22)9-26-10-16)6-13(21-14)23(15(24)25)11-2-4-17(18,19)5-3-11/h6,11H,2-5,7-10H2,1H3,(H,24,25). The van der Waals surface area contributed by atoms with Crippen molar-refractivity contribution < 1.29 is 23.4 Å². The van der Waals surface area contributed by atoms with Crippen LogP contribution in [0.25, 0.3) is 0 Å². The van der Waals surface area contributed by atoms with E-state index in [1.54, 1.807) is 6.07 Å². The first-order valence-corrected chi connectivity index (χ1v) is 10.2. The number of anilines is 2. The number of ether oxygens (including phenoxy) is 1. The normalized spacial score (nSPS) is 23.6. The minimum atomic E-state index is -2.71. The Morgan fingerprint density at radius 1 is 1.33 bits per heavy atom. The summed E-state index contributed by atoms with van der Waals surface area (Å²) in [7, 11) is 0. The van der Waals surface area contributed by atoms with Crippen molar-refractivity contribution >= 4 is 29.5 Å². The molecule has 3 aliphatic rings. The van der Waals surface area contributed by atoms with E-state index in [1.807, 2.05) is 6.26 Å². The molecule has 4 rings (SSSR count). The third kappa shape index (κ3) is 3.56. The highest BCUT2D eigenvalue weighted by atomic mass is 32.2. The second-order valence-electron chi connectivity index (χ2n) is 7.66. The zero-order valence-electron chi connectivity index (χ0n) is 15.0. The minimum Gasteiger partial charge on any atom is -0.465 e. The van der Waals surface area contributed by atoms with Crippen LogP contribution in [0.2, 0.25) is 0 Å². The molecule has 1 spiro atoms. The Kier molecular flexibility index (Phi) is 4.66. The van der Waals surface area contributed by atoms with Gasteiger partial charge in [-0.2, -0.15) is 0 Å². The number of alkyl halides is 2. The van der Waals surface area contributed by atoms with Crippen LogP contribution in [-0.4, -0.2) is 65.7 Å². The van der Waals surface area contributed by atoms with Crippen LogP contribution in [0, 0.1) is 5.41 Å². The van der Waals surface area contributed by atoms with E-state index in [0.717, 1.165) is 31.2 Å². The summed E-state index contributed by atoms with van der Waals surface area (Å²) in [5.74, 6) is -1.77. The zero-order chi connectivity index (χ0) is 19.2. The summed E-state index contributed by atoms with van der Waals surface area (Å²) in [6.45, 7) is 3.13. The van der Waals surface area contributed by atoms with Gasteiger partial charge in [-0.05, 0) is 19.1 Å². The van der Waals surface area contributed by atoms with Crippen LogP contribution in [0.3, 0.4) is 0 Å². The minimum absolute atomic E-state index is 0.122. The number of halogens is 2. The fourth-order valence-electron chi connectivity index (χ4n) is 4.00. The number of carbonyl (C=O) groups is 1. The molecule has 3 fully saturated rings. The van der Waals surface area contributed by atoms with Crippen molar-refractivity contribution in [3.63, 3.8) is 0 Å². The lowest BCUT2D eigenvalue weighted by Crippen LogP contribution is -2.66. The van der Waals surface area contributed by atoms with Gasteiger partial charge in [0.15, 0.2) is 5.16 Å². The zero-order valence-corrected chi connectivity index (χ0v) is 15.8. The van der Waals surface area contributed by atoms with Crippen LogP contribution < -0.4 is 9.80 Å². The SMILES string of the molecule is CSc1nc(N2CC3(COC3)C2)cc(N(C(=O)O)C2CCC(F)(F)CC2)n1. The Morgan fingerprint density at radius 3 is 2.52 bits per heavy atom. The number of aromatic nitrogens is 2. The third-order valence-electron chi connectivity index (χ3n) is 5.56. The molecule has 0 aromatic carbocycles. The van der Waals surface area contributed by atoms with Crippen LogP contribution in [0.5, 0.6) is 0 Å². The number of nitrogens with zero attached hydrogens (tertiary/aromatic N) is 4. The van der Waals surface area contributed by atoms with E-state index < -0.39 is 18.1 Å². The van der Waals surface area contributed by atoms with Crippen molar-refractivity contribution in [1.29, 1.82) is 0 Å². The van der Waals surface area contributed by atoms with Gasteiger partial charge in [0.1, 0.15) is 11.6 Å². The van der Waals surface area contributed by atoms with E-state index >= 15 is 0 Å². The monoisotopic (exact) mass is 400 g/mol. The Morgan fingerprint density at radius 2 is 2.00 bits per heavy atom. The maximum Gasteiger partial charge on any atom is 0.413 e. The molecule has 1 N–H and O–H groups in total. The summed E-state index contributed by atoms with van der Waals surface area (Å²) in [6, 6.07) is 1.16. The average Bonchev–Trinajstić information content (AvgIpc) is 2.53. The van der Waals surface area contributed by atoms with Gasteiger partial charge in [0.2, 0.25) is 5.92 Å². The van der Waals surface area contributed by atoms with Crippen LogP contribution >= 0.6 is 11.8 Å². The van der Waals surface area contributed by atoms with Crippen molar-refractivity contribution in [2.75, 3.05) is 42.4 Å². The highest BCUT2D eigenvalue weighted by Crippen LogP contribution is 2.41. The molecule has 10 heteroatoms. The van der Waals surface area contributed by atoms with E-state index in [2.05, 4.69) is 14.9 Å². The predicted molar refractivity (Wildman–Crippen MR) is 97.0 cm³/mol. The number of rotatable bonds is 4. The first-order valence-electron chi connectivity index (χ1n) is 8.97. The summed E-state index contributed by atoms with van der Waals surface area (Å²) in [5, 5.41) is 10.2. The maximum absolute atomic E-state index is 13.5. The molecule has 2 saturated heterocycles. The van der Waals surface area contributed by atoms with Crippen LogP contribution in [0.1, 0.15) is 25.7 Å². The molecule has 7 nitrogen and oxygen atoms in total. The van der Waals surface area contributed by atoms with Crippen molar-refractivity contribution in [1.82, 2.24) is 9.97 Å². The van der Waals surface area contributed by atoms with E-state index in [-0.39, 0.29) is 36.9 Å². The lowest BCUT2D eigenvalue weighted by Gasteiger charge is -2.55. The second kappa shape index (κ2) is 6.73. The summed E-state index contributed by atoms with van der Waals surface area (Å²) in [6.07, 6.45) is 0.295. The summed E-state index contributed by atoms with van der Waals surface area (Å²) in [5.41, 5.74) is 0.200. The molecule has 2 aliphatic heterocycles. The van der Waals surface area contributed by atoms with Crippen molar-refractivity contribution in [2.24, 2.45) is 5.41 Å². The van der Waals surface area contributed by atoms with E-state index in [0.29, 0.717) is 11.0 Å². The molecule has 0 atom stereocenters. The van der Waals surface area contributed by atoms with E-state index in [4.69, 9.17) is 4.74 Å². The molecule has 1 saturated carbocycles. The van der Waals surface area contributed by atoms with Gasteiger partial charge in [-0.25, -0.2) is 23.5 Å². The largest absolute Gasteiger partial charge is 0.465 e.